The van der Waals surface area contributed by atoms with Crippen molar-refractivity contribution in [3.63, 3.8) is 0 Å². The van der Waals surface area contributed by atoms with Crippen molar-refractivity contribution in [1.82, 2.24) is 15.5 Å². The molecule has 32 heavy (non-hydrogen) atoms. The summed E-state index contributed by atoms with van der Waals surface area (Å²) in [6.45, 7) is 4.80. The molecule has 1 aliphatic rings. The lowest BCUT2D eigenvalue weighted by Crippen LogP contribution is -2.47. The zero-order valence-corrected chi connectivity index (χ0v) is 19.3. The highest BCUT2D eigenvalue weighted by molar-refractivity contribution is 5.80. The number of hydrogen-bond donors (Lipinski definition) is 3. The lowest BCUT2D eigenvalue weighted by Gasteiger charge is -2.35. The molecular weight excluding hydrogens is 400 g/mol. The summed E-state index contributed by atoms with van der Waals surface area (Å²) in [6, 6.07) is 19.9. The second-order valence-corrected chi connectivity index (χ2v) is 8.54. The van der Waals surface area contributed by atoms with Gasteiger partial charge in [-0.15, -0.1) is 0 Å². The van der Waals surface area contributed by atoms with Gasteiger partial charge < -0.3 is 20.6 Å². The zero-order chi connectivity index (χ0) is 22.8. The van der Waals surface area contributed by atoms with Crippen LogP contribution in [0.15, 0.2) is 65.7 Å². The third-order valence-corrected chi connectivity index (χ3v) is 6.14. The number of guanidine groups is 1. The van der Waals surface area contributed by atoms with Crippen molar-refractivity contribution >= 4 is 11.9 Å². The molecule has 3 N–H and O–H groups in total. The molecule has 3 rings (SSSR count). The van der Waals surface area contributed by atoms with Gasteiger partial charge in [-0.25, -0.2) is 4.99 Å². The number of carbonyl (C=O) groups excluding carboxylic acids is 1. The van der Waals surface area contributed by atoms with Gasteiger partial charge in [0.05, 0.1) is 6.54 Å². The van der Waals surface area contributed by atoms with Gasteiger partial charge in [-0.1, -0.05) is 60.7 Å². The predicted molar refractivity (Wildman–Crippen MR) is 129 cm³/mol. The standard InChI is InChI=1S/C26H36N4O2/c1-3-28-25(30-16-14-21(15-17-30)18-24(31)27-2)29-20-26(32,23-12-8-5-9-13-23)19-22-10-6-4-7-11-22/h4-13,21,32H,3,14-20H2,1-2H3,(H,27,31)(H,28,29). The number of nitrogens with one attached hydrogen (secondary N) is 2. The Labute approximate surface area is 191 Å². The molecule has 6 nitrogen and oxygen atoms in total. The van der Waals surface area contributed by atoms with E-state index in [0.717, 1.165) is 49.6 Å². The number of rotatable bonds is 8. The minimum absolute atomic E-state index is 0.109. The third kappa shape index (κ3) is 6.57. The molecule has 0 saturated carbocycles. The molecule has 1 heterocycles. The Bertz CT molecular complexity index is 864. The summed E-state index contributed by atoms with van der Waals surface area (Å²) >= 11 is 0. The molecule has 0 spiro atoms. The Morgan fingerprint density at radius 3 is 2.31 bits per heavy atom. The van der Waals surface area contributed by atoms with E-state index in [9.17, 15) is 9.90 Å². The molecule has 1 atom stereocenters. The monoisotopic (exact) mass is 436 g/mol. The number of aliphatic imine (C=N–C) groups is 1. The molecule has 0 aromatic heterocycles. The van der Waals surface area contributed by atoms with Crippen LogP contribution in [0.5, 0.6) is 0 Å². The summed E-state index contributed by atoms with van der Waals surface area (Å²) in [5, 5.41) is 17.8. The van der Waals surface area contributed by atoms with Gasteiger partial charge in [0, 0.05) is 39.5 Å². The van der Waals surface area contributed by atoms with Crippen LogP contribution < -0.4 is 10.6 Å². The fourth-order valence-electron chi connectivity index (χ4n) is 4.28. The molecule has 1 saturated heterocycles. The summed E-state index contributed by atoms with van der Waals surface area (Å²) in [4.78, 5) is 18.8. The summed E-state index contributed by atoms with van der Waals surface area (Å²) in [5.41, 5.74) is 0.850. The number of carbonyl (C=O) groups is 1. The minimum atomic E-state index is -1.10. The van der Waals surface area contributed by atoms with Crippen LogP contribution in [0.3, 0.4) is 0 Å². The lowest BCUT2D eigenvalue weighted by atomic mass is 9.87. The largest absolute Gasteiger partial charge is 0.383 e. The Balaban J connectivity index is 1.75. The van der Waals surface area contributed by atoms with Crippen LogP contribution in [0.2, 0.25) is 0 Å². The van der Waals surface area contributed by atoms with Crippen LogP contribution in [0.25, 0.3) is 0 Å². The normalized spacial score (nSPS) is 17.0. The molecule has 6 heteroatoms. The van der Waals surface area contributed by atoms with E-state index in [-0.39, 0.29) is 12.5 Å². The highest BCUT2D eigenvalue weighted by atomic mass is 16.3. The summed E-state index contributed by atoms with van der Waals surface area (Å²) in [6.07, 6.45) is 3.01. The number of nitrogens with zero attached hydrogens (tertiary/aromatic N) is 2. The van der Waals surface area contributed by atoms with Gasteiger partial charge in [0.1, 0.15) is 5.60 Å². The molecule has 1 unspecified atom stereocenters. The van der Waals surface area contributed by atoms with E-state index >= 15 is 0 Å². The number of likely N-dealkylation sites (tertiary alicyclic amines) is 1. The lowest BCUT2D eigenvalue weighted by molar-refractivity contribution is -0.121. The molecule has 2 aromatic carbocycles. The van der Waals surface area contributed by atoms with Gasteiger partial charge >= 0.3 is 0 Å². The Morgan fingerprint density at radius 2 is 1.72 bits per heavy atom. The van der Waals surface area contributed by atoms with Gasteiger partial charge in [-0.2, -0.15) is 0 Å². The molecule has 1 fully saturated rings. The highest BCUT2D eigenvalue weighted by Gasteiger charge is 2.30. The SMILES string of the molecule is CCNC(=NCC(O)(Cc1ccccc1)c1ccccc1)N1CCC(CC(=O)NC)CC1. The quantitative estimate of drug-likeness (QED) is 0.439. The number of piperidine rings is 1. The molecular formula is C26H36N4O2. The van der Waals surface area contributed by atoms with Gasteiger partial charge in [0.2, 0.25) is 5.91 Å². The van der Waals surface area contributed by atoms with Crippen LogP contribution in [-0.4, -0.2) is 55.1 Å². The van der Waals surface area contributed by atoms with Gasteiger partial charge in [0.15, 0.2) is 5.96 Å². The van der Waals surface area contributed by atoms with E-state index in [0.29, 0.717) is 18.8 Å². The van der Waals surface area contributed by atoms with Gasteiger partial charge in [-0.05, 0) is 36.8 Å². The van der Waals surface area contributed by atoms with Crippen molar-refractivity contribution in [2.24, 2.45) is 10.9 Å². The van der Waals surface area contributed by atoms with Crippen LogP contribution in [0.1, 0.15) is 37.3 Å². The Morgan fingerprint density at radius 1 is 1.09 bits per heavy atom. The van der Waals surface area contributed by atoms with Crippen LogP contribution in [0, 0.1) is 5.92 Å². The second kappa shape index (κ2) is 11.7. The fourth-order valence-corrected chi connectivity index (χ4v) is 4.28. The van der Waals surface area contributed by atoms with Crippen molar-refractivity contribution in [2.45, 2.75) is 38.2 Å². The predicted octanol–water partition coefficient (Wildman–Crippen LogP) is 2.93. The van der Waals surface area contributed by atoms with E-state index in [4.69, 9.17) is 4.99 Å². The van der Waals surface area contributed by atoms with E-state index in [1.54, 1.807) is 7.05 Å². The van der Waals surface area contributed by atoms with E-state index in [2.05, 4.69) is 22.5 Å². The maximum Gasteiger partial charge on any atom is 0.220 e. The van der Waals surface area contributed by atoms with Crippen molar-refractivity contribution in [1.29, 1.82) is 0 Å². The molecule has 1 amide bonds. The van der Waals surface area contributed by atoms with Crippen LogP contribution in [-0.2, 0) is 16.8 Å². The summed E-state index contributed by atoms with van der Waals surface area (Å²) in [5.74, 6) is 1.35. The number of benzene rings is 2. The first-order valence-corrected chi connectivity index (χ1v) is 11.6. The fraction of sp³-hybridized carbons (Fsp3) is 0.462. The maximum atomic E-state index is 11.7. The molecule has 2 aromatic rings. The van der Waals surface area contributed by atoms with Crippen molar-refractivity contribution in [3.8, 4) is 0 Å². The number of aliphatic hydroxyl groups is 1. The zero-order valence-electron chi connectivity index (χ0n) is 19.3. The minimum Gasteiger partial charge on any atom is -0.383 e. The molecule has 0 aliphatic carbocycles. The maximum absolute atomic E-state index is 11.7. The van der Waals surface area contributed by atoms with Crippen LogP contribution in [0.4, 0.5) is 0 Å². The summed E-state index contributed by atoms with van der Waals surface area (Å²) < 4.78 is 0. The topological polar surface area (TPSA) is 77.0 Å². The average Bonchev–Trinajstić information content (AvgIpc) is 2.83. The van der Waals surface area contributed by atoms with E-state index in [1.165, 1.54) is 0 Å². The van der Waals surface area contributed by atoms with E-state index < -0.39 is 5.60 Å². The smallest absolute Gasteiger partial charge is 0.220 e. The second-order valence-electron chi connectivity index (χ2n) is 8.54. The molecule has 0 bridgehead atoms. The Hall–Kier alpha value is -2.86. The highest BCUT2D eigenvalue weighted by Crippen LogP contribution is 2.27. The first-order valence-electron chi connectivity index (χ1n) is 11.6. The Kier molecular flexibility index (Phi) is 8.68. The van der Waals surface area contributed by atoms with Crippen molar-refractivity contribution < 1.29 is 9.90 Å². The molecule has 1 aliphatic heterocycles. The summed E-state index contributed by atoms with van der Waals surface area (Å²) in [7, 11) is 1.69. The van der Waals surface area contributed by atoms with E-state index in [1.807, 2.05) is 60.7 Å². The number of hydrogen-bond acceptors (Lipinski definition) is 3. The third-order valence-electron chi connectivity index (χ3n) is 6.14. The van der Waals surface area contributed by atoms with Crippen molar-refractivity contribution in [3.05, 3.63) is 71.8 Å². The number of amides is 1. The molecule has 0 radical (unpaired) electrons. The molecule has 172 valence electrons. The first kappa shape index (κ1) is 23.8. The van der Waals surface area contributed by atoms with Gasteiger partial charge in [0.25, 0.3) is 0 Å². The average molecular weight is 437 g/mol. The van der Waals surface area contributed by atoms with Crippen LogP contribution >= 0.6 is 0 Å². The van der Waals surface area contributed by atoms with Gasteiger partial charge in [-0.3, -0.25) is 4.79 Å². The first-order chi connectivity index (χ1) is 15.5. The van der Waals surface area contributed by atoms with Crippen molar-refractivity contribution in [2.75, 3.05) is 33.2 Å².